The van der Waals surface area contributed by atoms with Gasteiger partial charge in [-0.3, -0.25) is 0 Å². The molecule has 0 fully saturated rings. The molecule has 0 radical (unpaired) electrons. The van der Waals surface area contributed by atoms with Crippen LogP contribution in [0.1, 0.15) is 23.6 Å². The summed E-state index contributed by atoms with van der Waals surface area (Å²) in [5.74, 6) is 0.864. The smallest absolute Gasteiger partial charge is 0.247 e. The van der Waals surface area contributed by atoms with Crippen LogP contribution in [-0.4, -0.2) is 31.6 Å². The van der Waals surface area contributed by atoms with Crippen molar-refractivity contribution in [3.63, 3.8) is 0 Å². The molecule has 0 aliphatic carbocycles. The number of fused-ring (bicyclic) bond motifs is 1. The lowest BCUT2D eigenvalue weighted by atomic mass is 9.99. The first-order chi connectivity index (χ1) is 11.9. The molecule has 0 saturated carbocycles. The van der Waals surface area contributed by atoms with Crippen LogP contribution in [-0.2, 0) is 10.0 Å². The van der Waals surface area contributed by atoms with Crippen molar-refractivity contribution in [1.82, 2.24) is 4.41 Å². The number of hydrogen-bond acceptors (Lipinski definition) is 5. The van der Waals surface area contributed by atoms with Gasteiger partial charge in [0.2, 0.25) is 16.8 Å². The van der Waals surface area contributed by atoms with E-state index in [9.17, 15) is 12.8 Å². The maximum atomic E-state index is 13.1. The van der Waals surface area contributed by atoms with Gasteiger partial charge in [0.05, 0.1) is 18.0 Å². The van der Waals surface area contributed by atoms with Gasteiger partial charge in [0.25, 0.3) is 0 Å². The van der Waals surface area contributed by atoms with Crippen LogP contribution in [0.25, 0.3) is 0 Å². The van der Waals surface area contributed by atoms with Gasteiger partial charge in [-0.25, -0.2) is 12.8 Å². The predicted octanol–water partition coefficient (Wildman–Crippen LogP) is 2.67. The second-order valence-electron chi connectivity index (χ2n) is 5.92. The van der Waals surface area contributed by atoms with Gasteiger partial charge >= 0.3 is 0 Å². The maximum Gasteiger partial charge on any atom is 0.247 e. The molecule has 1 atom stereocenters. The minimum absolute atomic E-state index is 0.149. The number of benzene rings is 2. The van der Waals surface area contributed by atoms with Crippen LogP contribution >= 0.6 is 0 Å². The van der Waals surface area contributed by atoms with Crippen LogP contribution in [0.4, 0.5) is 4.39 Å². The van der Waals surface area contributed by atoms with Gasteiger partial charge in [-0.05, 0) is 35.4 Å². The molecule has 0 N–H and O–H groups in total. The number of sulfonamides is 1. The van der Waals surface area contributed by atoms with E-state index >= 15 is 0 Å². The van der Waals surface area contributed by atoms with Gasteiger partial charge in [-0.2, -0.15) is 9.52 Å². The van der Waals surface area contributed by atoms with Gasteiger partial charge in [-0.15, -0.1) is 0 Å². The molecule has 1 unspecified atom stereocenters. The molecule has 0 amide bonds. The van der Waals surface area contributed by atoms with Crippen LogP contribution in [0, 0.1) is 5.82 Å². The number of nitrogens with zero attached hydrogens (tertiary/aromatic N) is 2. The summed E-state index contributed by atoms with van der Waals surface area (Å²) in [5, 5.41) is 4.28. The lowest BCUT2D eigenvalue weighted by Gasteiger charge is -2.21. The quantitative estimate of drug-likeness (QED) is 0.842. The molecular weight excluding hydrogens is 347 g/mol. The second kappa shape index (κ2) is 5.73. The van der Waals surface area contributed by atoms with Crippen molar-refractivity contribution in [3.05, 3.63) is 59.4 Å². The zero-order valence-electron chi connectivity index (χ0n) is 13.3. The fourth-order valence-electron chi connectivity index (χ4n) is 2.98. The van der Waals surface area contributed by atoms with Crippen molar-refractivity contribution in [1.29, 1.82) is 0 Å². The van der Waals surface area contributed by atoms with Crippen molar-refractivity contribution in [2.24, 2.45) is 5.10 Å². The Balaban J connectivity index is 1.72. The maximum absolute atomic E-state index is 13.1. The van der Waals surface area contributed by atoms with Crippen molar-refractivity contribution < 1.29 is 22.3 Å². The summed E-state index contributed by atoms with van der Waals surface area (Å²) in [6.07, 6.45) is 1.50. The van der Waals surface area contributed by atoms with E-state index in [1.165, 1.54) is 12.1 Å². The Morgan fingerprint density at radius 3 is 2.56 bits per heavy atom. The number of hydrogen-bond donors (Lipinski definition) is 0. The van der Waals surface area contributed by atoms with Gasteiger partial charge in [0, 0.05) is 6.42 Å². The third-order valence-electron chi connectivity index (χ3n) is 4.17. The first kappa shape index (κ1) is 15.9. The van der Waals surface area contributed by atoms with Gasteiger partial charge in [0.1, 0.15) is 5.82 Å². The first-order valence-corrected chi connectivity index (χ1v) is 9.49. The highest BCUT2D eigenvalue weighted by atomic mass is 32.2. The van der Waals surface area contributed by atoms with E-state index in [0.29, 0.717) is 29.2 Å². The zero-order valence-corrected chi connectivity index (χ0v) is 14.2. The van der Waals surface area contributed by atoms with E-state index < -0.39 is 16.1 Å². The topological polar surface area (TPSA) is 68.2 Å². The molecule has 2 aromatic rings. The Hall–Kier alpha value is -2.61. The van der Waals surface area contributed by atoms with Gasteiger partial charge in [0.15, 0.2) is 11.5 Å². The van der Waals surface area contributed by atoms with Crippen molar-refractivity contribution >= 4 is 15.7 Å². The molecule has 130 valence electrons. The zero-order chi connectivity index (χ0) is 17.6. The molecule has 0 saturated heterocycles. The SMILES string of the molecule is CS(=O)(=O)N1N=C(c2ccc(F)cc2)CC1c1ccc2c(c1)OCO2. The lowest BCUT2D eigenvalue weighted by molar-refractivity contribution is 0.174. The summed E-state index contributed by atoms with van der Waals surface area (Å²) in [4.78, 5) is 0. The Labute approximate surface area is 144 Å². The van der Waals surface area contributed by atoms with Crippen molar-refractivity contribution in [2.45, 2.75) is 12.5 Å². The van der Waals surface area contributed by atoms with Crippen LogP contribution in [0.15, 0.2) is 47.6 Å². The fraction of sp³-hybridized carbons (Fsp3) is 0.235. The molecule has 2 aliphatic heterocycles. The highest BCUT2D eigenvalue weighted by Gasteiger charge is 2.35. The van der Waals surface area contributed by atoms with E-state index in [1.807, 2.05) is 0 Å². The molecule has 4 rings (SSSR count). The fourth-order valence-corrected chi connectivity index (χ4v) is 3.89. The summed E-state index contributed by atoms with van der Waals surface area (Å²) >= 11 is 0. The van der Waals surface area contributed by atoms with Crippen molar-refractivity contribution in [2.75, 3.05) is 13.0 Å². The number of hydrazone groups is 1. The lowest BCUT2D eigenvalue weighted by Crippen LogP contribution is -2.25. The van der Waals surface area contributed by atoms with Crippen LogP contribution in [0.5, 0.6) is 11.5 Å². The largest absolute Gasteiger partial charge is 0.454 e. The summed E-state index contributed by atoms with van der Waals surface area (Å²) < 4.78 is 49.3. The Morgan fingerprint density at radius 2 is 1.84 bits per heavy atom. The Morgan fingerprint density at radius 1 is 1.12 bits per heavy atom. The summed E-state index contributed by atoms with van der Waals surface area (Å²) in [6.45, 7) is 0.149. The molecule has 2 heterocycles. The molecular formula is C17H15FN2O4S. The Bertz CT molecular complexity index is 957. The Kier molecular flexibility index (Phi) is 3.64. The molecule has 6 nitrogen and oxygen atoms in total. The monoisotopic (exact) mass is 362 g/mol. The summed E-state index contributed by atoms with van der Waals surface area (Å²) in [6, 6.07) is 10.7. The van der Waals surface area contributed by atoms with E-state index in [1.54, 1.807) is 30.3 Å². The number of rotatable bonds is 3. The first-order valence-electron chi connectivity index (χ1n) is 7.64. The van der Waals surface area contributed by atoms with E-state index in [2.05, 4.69) is 5.10 Å². The molecule has 25 heavy (non-hydrogen) atoms. The molecule has 2 aromatic carbocycles. The van der Waals surface area contributed by atoms with Crippen LogP contribution in [0.2, 0.25) is 0 Å². The highest BCUT2D eigenvalue weighted by Crippen LogP contribution is 2.40. The van der Waals surface area contributed by atoms with Crippen LogP contribution in [0.3, 0.4) is 0 Å². The predicted molar refractivity (Wildman–Crippen MR) is 89.5 cm³/mol. The number of ether oxygens (including phenoxy) is 2. The summed E-state index contributed by atoms with van der Waals surface area (Å²) in [7, 11) is -3.56. The third kappa shape index (κ3) is 2.93. The molecule has 0 bridgehead atoms. The minimum atomic E-state index is -3.56. The van der Waals surface area contributed by atoms with E-state index in [0.717, 1.165) is 16.2 Å². The van der Waals surface area contributed by atoms with Gasteiger partial charge < -0.3 is 9.47 Å². The molecule has 0 spiro atoms. The van der Waals surface area contributed by atoms with E-state index in [-0.39, 0.29) is 12.6 Å². The van der Waals surface area contributed by atoms with Gasteiger partial charge in [-0.1, -0.05) is 18.2 Å². The summed E-state index contributed by atoms with van der Waals surface area (Å²) in [5.41, 5.74) is 2.04. The second-order valence-corrected chi connectivity index (χ2v) is 7.76. The molecule has 8 heteroatoms. The third-order valence-corrected chi connectivity index (χ3v) is 5.19. The van der Waals surface area contributed by atoms with E-state index in [4.69, 9.17) is 9.47 Å². The normalized spacial score (nSPS) is 19.2. The number of halogens is 1. The highest BCUT2D eigenvalue weighted by molar-refractivity contribution is 7.88. The standard InChI is InChI=1S/C17H15FN2O4S/c1-25(21,22)20-15(12-4-7-16-17(8-12)24-10-23-16)9-14(19-20)11-2-5-13(18)6-3-11/h2-8,15H,9-10H2,1H3. The van der Waals surface area contributed by atoms with Crippen molar-refractivity contribution in [3.8, 4) is 11.5 Å². The van der Waals surface area contributed by atoms with Crippen LogP contribution < -0.4 is 9.47 Å². The minimum Gasteiger partial charge on any atom is -0.454 e. The average molecular weight is 362 g/mol. The molecule has 2 aliphatic rings. The molecule has 0 aromatic heterocycles. The average Bonchev–Trinajstić information content (AvgIpc) is 3.21.